The highest BCUT2D eigenvalue weighted by atomic mass is 19.1. The van der Waals surface area contributed by atoms with Gasteiger partial charge in [0.05, 0.1) is 29.0 Å². The summed E-state index contributed by atoms with van der Waals surface area (Å²) in [5.74, 6) is 0.164. The van der Waals surface area contributed by atoms with Gasteiger partial charge in [-0.15, -0.1) is 0 Å². The van der Waals surface area contributed by atoms with Gasteiger partial charge in [-0.1, -0.05) is 37.5 Å². The van der Waals surface area contributed by atoms with Crippen LogP contribution in [0.1, 0.15) is 55.2 Å². The lowest BCUT2D eigenvalue weighted by Gasteiger charge is -2.23. The molecule has 2 aromatic carbocycles. The summed E-state index contributed by atoms with van der Waals surface area (Å²) in [6, 6.07) is 14.0. The second-order valence-corrected chi connectivity index (χ2v) is 11.5. The van der Waals surface area contributed by atoms with Crippen molar-refractivity contribution in [3.8, 4) is 22.4 Å². The van der Waals surface area contributed by atoms with Gasteiger partial charge in [-0.2, -0.15) is 0 Å². The normalized spacial score (nSPS) is 14.8. The molecule has 1 fully saturated rings. The first-order valence-corrected chi connectivity index (χ1v) is 14.8. The van der Waals surface area contributed by atoms with Crippen molar-refractivity contribution in [3.63, 3.8) is 0 Å². The summed E-state index contributed by atoms with van der Waals surface area (Å²) < 4.78 is 13.9. The van der Waals surface area contributed by atoms with Gasteiger partial charge in [-0.05, 0) is 79.6 Å². The predicted octanol–water partition coefficient (Wildman–Crippen LogP) is 7.67. The number of allylic oxidation sites excluding steroid dienone is 2. The fourth-order valence-corrected chi connectivity index (χ4v) is 6.19. The first kappa shape index (κ1) is 28.3. The summed E-state index contributed by atoms with van der Waals surface area (Å²) in [5.41, 5.74) is 14.9. The lowest BCUT2D eigenvalue weighted by atomic mass is 9.87. The summed E-state index contributed by atoms with van der Waals surface area (Å²) >= 11 is 0. The van der Waals surface area contributed by atoms with Crippen molar-refractivity contribution in [3.05, 3.63) is 101 Å². The molecule has 2 aliphatic rings. The standard InChI is InChI=1S/C35H35FN6O/c1-21-14-30(37)29(18-28(21)24-17-26(20-39-19-24)41-33(43)15-22-6-3-2-4-7-22)34(38)32-11-10-27-31(42-32)12-13-40-35(27)23-8-5-9-25(36)16-23/h5,8-9,11-14,16-20,22,38,42H,2-4,6-7,10,15,37H2,1H3,(H,41,43). The third-order valence-corrected chi connectivity index (χ3v) is 8.40. The number of pyridine rings is 2. The van der Waals surface area contributed by atoms with Crippen molar-refractivity contribution in [2.24, 2.45) is 5.92 Å². The molecular weight excluding hydrogens is 539 g/mol. The van der Waals surface area contributed by atoms with Crippen LogP contribution in [0.2, 0.25) is 0 Å². The number of amides is 1. The van der Waals surface area contributed by atoms with Gasteiger partial charge in [0.25, 0.3) is 0 Å². The Morgan fingerprint density at radius 2 is 1.93 bits per heavy atom. The van der Waals surface area contributed by atoms with Gasteiger partial charge in [0.2, 0.25) is 5.91 Å². The SMILES string of the molecule is Cc1cc(N)c(C(=N)C2=CCc3c(ccnc3-c3cccc(F)c3)N2)cc1-c1cncc(NC(=O)CC2CCCCC2)c1. The van der Waals surface area contributed by atoms with Crippen molar-refractivity contribution in [1.29, 1.82) is 5.41 Å². The Hall–Kier alpha value is -4.85. The molecule has 43 heavy (non-hydrogen) atoms. The Balaban J connectivity index is 1.23. The topological polar surface area (TPSA) is 117 Å². The molecular formula is C35H35FN6O. The number of fused-ring (bicyclic) bond motifs is 1. The van der Waals surface area contributed by atoms with E-state index in [-0.39, 0.29) is 17.4 Å². The second-order valence-electron chi connectivity index (χ2n) is 11.5. The Labute approximate surface area is 251 Å². The summed E-state index contributed by atoms with van der Waals surface area (Å²) in [4.78, 5) is 21.7. The second kappa shape index (κ2) is 12.2. The van der Waals surface area contributed by atoms with Crippen LogP contribution in [0.5, 0.6) is 0 Å². The monoisotopic (exact) mass is 574 g/mol. The van der Waals surface area contributed by atoms with Crippen molar-refractivity contribution < 1.29 is 9.18 Å². The van der Waals surface area contributed by atoms with Gasteiger partial charge in [0.15, 0.2) is 0 Å². The first-order chi connectivity index (χ1) is 20.9. The maximum Gasteiger partial charge on any atom is 0.224 e. The van der Waals surface area contributed by atoms with Gasteiger partial charge < -0.3 is 16.4 Å². The van der Waals surface area contributed by atoms with Gasteiger partial charge >= 0.3 is 0 Å². The lowest BCUT2D eigenvalue weighted by Crippen LogP contribution is -2.19. The van der Waals surface area contributed by atoms with E-state index in [1.54, 1.807) is 24.7 Å². The molecule has 7 nitrogen and oxygen atoms in total. The van der Waals surface area contributed by atoms with Crippen LogP contribution in [-0.4, -0.2) is 21.6 Å². The number of nitrogen functional groups attached to an aromatic ring is 1. The van der Waals surface area contributed by atoms with Crippen molar-refractivity contribution in [2.45, 2.75) is 51.9 Å². The minimum atomic E-state index is -0.313. The van der Waals surface area contributed by atoms with Crippen molar-refractivity contribution in [2.75, 3.05) is 16.4 Å². The van der Waals surface area contributed by atoms with Crippen molar-refractivity contribution in [1.82, 2.24) is 9.97 Å². The average molecular weight is 575 g/mol. The number of benzene rings is 2. The fraction of sp³-hybridized carbons (Fsp3) is 0.257. The highest BCUT2D eigenvalue weighted by Crippen LogP contribution is 2.35. The minimum Gasteiger partial charge on any atom is -0.398 e. The number of carbonyl (C=O) groups excluding carboxylic acids is 1. The van der Waals surface area contributed by atoms with Gasteiger partial charge in [0.1, 0.15) is 5.82 Å². The molecule has 0 spiro atoms. The van der Waals surface area contributed by atoms with Crippen LogP contribution >= 0.6 is 0 Å². The number of carbonyl (C=O) groups is 1. The number of hydrogen-bond acceptors (Lipinski definition) is 6. The number of anilines is 3. The number of halogens is 1. The van der Waals surface area contributed by atoms with Crippen LogP contribution in [0.3, 0.4) is 0 Å². The van der Waals surface area contributed by atoms with E-state index in [9.17, 15) is 9.18 Å². The minimum absolute atomic E-state index is 0.0219. The molecule has 5 N–H and O–H groups in total. The third-order valence-electron chi connectivity index (χ3n) is 8.40. The number of hydrogen-bond donors (Lipinski definition) is 4. The highest BCUT2D eigenvalue weighted by Gasteiger charge is 2.22. The summed E-state index contributed by atoms with van der Waals surface area (Å²) in [6.45, 7) is 1.97. The Bertz CT molecular complexity index is 1740. The molecule has 6 rings (SSSR count). The molecule has 1 saturated carbocycles. The van der Waals surface area contributed by atoms with Gasteiger partial charge in [0, 0.05) is 52.4 Å². The van der Waals surface area contributed by atoms with E-state index < -0.39 is 0 Å². The summed E-state index contributed by atoms with van der Waals surface area (Å²) in [5, 5.41) is 15.5. The Kier molecular flexibility index (Phi) is 8.01. The average Bonchev–Trinajstić information content (AvgIpc) is 3.01. The molecule has 0 radical (unpaired) electrons. The Morgan fingerprint density at radius 3 is 2.74 bits per heavy atom. The molecule has 1 amide bonds. The molecule has 2 aromatic heterocycles. The van der Waals surface area contributed by atoms with E-state index >= 15 is 0 Å². The van der Waals surface area contributed by atoms with Crippen LogP contribution in [0.25, 0.3) is 22.4 Å². The van der Waals surface area contributed by atoms with Crippen LogP contribution < -0.4 is 16.4 Å². The summed E-state index contributed by atoms with van der Waals surface area (Å²) in [7, 11) is 0. The van der Waals surface area contributed by atoms with Crippen LogP contribution in [0.4, 0.5) is 21.5 Å². The van der Waals surface area contributed by atoms with E-state index in [1.807, 2.05) is 43.3 Å². The molecule has 1 aliphatic heterocycles. The van der Waals surface area contributed by atoms with E-state index in [0.29, 0.717) is 52.7 Å². The van der Waals surface area contributed by atoms with Crippen LogP contribution in [-0.2, 0) is 11.2 Å². The first-order valence-electron chi connectivity index (χ1n) is 14.8. The zero-order chi connectivity index (χ0) is 29.9. The van der Waals surface area contributed by atoms with Gasteiger partial charge in [-0.3, -0.25) is 20.2 Å². The largest absolute Gasteiger partial charge is 0.398 e. The number of nitrogens with one attached hydrogen (secondary N) is 3. The molecule has 0 unspecified atom stereocenters. The van der Waals surface area contributed by atoms with Crippen LogP contribution in [0, 0.1) is 24.1 Å². The number of aromatic nitrogens is 2. The number of rotatable bonds is 7. The maximum atomic E-state index is 13.9. The van der Waals surface area contributed by atoms with E-state index in [4.69, 9.17) is 11.1 Å². The zero-order valence-corrected chi connectivity index (χ0v) is 24.2. The molecule has 0 saturated heterocycles. The van der Waals surface area contributed by atoms with Crippen molar-refractivity contribution >= 4 is 28.7 Å². The zero-order valence-electron chi connectivity index (χ0n) is 24.2. The van der Waals surface area contributed by atoms with Crippen LogP contribution in [0.15, 0.2) is 78.9 Å². The highest BCUT2D eigenvalue weighted by molar-refractivity contribution is 6.16. The van der Waals surface area contributed by atoms with Gasteiger partial charge in [-0.25, -0.2) is 4.39 Å². The number of nitrogens with zero attached hydrogens (tertiary/aromatic N) is 2. The molecule has 0 bridgehead atoms. The Morgan fingerprint density at radius 1 is 1.09 bits per heavy atom. The number of aryl methyl sites for hydroxylation is 1. The van der Waals surface area contributed by atoms with E-state index in [0.717, 1.165) is 40.8 Å². The van der Waals surface area contributed by atoms with E-state index in [1.165, 1.54) is 31.4 Å². The molecule has 4 aromatic rings. The smallest absolute Gasteiger partial charge is 0.224 e. The predicted molar refractivity (Wildman–Crippen MR) is 171 cm³/mol. The maximum absolute atomic E-state index is 13.9. The molecule has 8 heteroatoms. The van der Waals surface area contributed by atoms with E-state index in [2.05, 4.69) is 20.6 Å². The molecule has 0 atom stereocenters. The summed E-state index contributed by atoms with van der Waals surface area (Å²) in [6.07, 6.45) is 14.0. The lowest BCUT2D eigenvalue weighted by molar-refractivity contribution is -0.117. The molecule has 218 valence electrons. The number of nitrogens with two attached hydrogens (primary N) is 1. The quantitative estimate of drug-likeness (QED) is 0.133. The molecule has 1 aliphatic carbocycles. The third kappa shape index (κ3) is 6.18. The molecule has 3 heterocycles. The fourth-order valence-electron chi connectivity index (χ4n) is 6.19.